The lowest BCUT2D eigenvalue weighted by Gasteiger charge is -2.08. The number of hydrogen-bond donors (Lipinski definition) is 2. The molecule has 3 aromatic rings. The molecule has 1 aromatic heterocycles. The molecule has 2 N–H and O–H groups in total. The second-order valence-corrected chi connectivity index (χ2v) is 5.75. The molecule has 0 atom stereocenters. The van der Waals surface area contributed by atoms with Crippen LogP contribution < -0.4 is 4.74 Å². The number of ether oxygens (including phenoxy) is 1. The molecule has 23 heavy (non-hydrogen) atoms. The molecule has 0 unspecified atom stereocenters. The van der Waals surface area contributed by atoms with Crippen LogP contribution in [0.15, 0.2) is 36.4 Å². The summed E-state index contributed by atoms with van der Waals surface area (Å²) in [4.78, 5) is 14.7. The summed E-state index contributed by atoms with van der Waals surface area (Å²) in [6.07, 6.45) is -0.0749. The van der Waals surface area contributed by atoms with Crippen molar-refractivity contribution in [2.45, 2.75) is 13.3 Å². The number of halogens is 1. The Kier molecular flexibility index (Phi) is 4.01. The minimum atomic E-state index is -0.880. The molecule has 5 heteroatoms. The Bertz CT molecular complexity index is 899. The Morgan fingerprint density at radius 2 is 2.00 bits per heavy atom. The highest BCUT2D eigenvalue weighted by Gasteiger charge is 2.19. The number of nitrogens with one attached hydrogen (secondary N) is 1. The van der Waals surface area contributed by atoms with Gasteiger partial charge in [-0.2, -0.15) is 0 Å². The number of fused-ring (bicyclic) bond motifs is 1. The van der Waals surface area contributed by atoms with E-state index in [-0.39, 0.29) is 6.42 Å². The van der Waals surface area contributed by atoms with Gasteiger partial charge in [0.25, 0.3) is 0 Å². The molecule has 0 amide bonds. The van der Waals surface area contributed by atoms with Crippen molar-refractivity contribution in [3.8, 4) is 17.0 Å². The van der Waals surface area contributed by atoms with Gasteiger partial charge in [-0.05, 0) is 36.2 Å². The number of carboxylic acids is 1. The van der Waals surface area contributed by atoms with Crippen molar-refractivity contribution < 1.29 is 14.6 Å². The molecule has 0 aliphatic rings. The smallest absolute Gasteiger partial charge is 0.307 e. The average Bonchev–Trinajstić information content (AvgIpc) is 2.89. The van der Waals surface area contributed by atoms with Crippen LogP contribution in [-0.4, -0.2) is 23.2 Å². The van der Waals surface area contributed by atoms with E-state index in [9.17, 15) is 9.90 Å². The van der Waals surface area contributed by atoms with Gasteiger partial charge in [-0.3, -0.25) is 4.79 Å². The Labute approximate surface area is 138 Å². The van der Waals surface area contributed by atoms with Crippen LogP contribution in [0.25, 0.3) is 22.2 Å². The van der Waals surface area contributed by atoms with Crippen molar-refractivity contribution in [3.63, 3.8) is 0 Å². The first-order chi connectivity index (χ1) is 11.0. The van der Waals surface area contributed by atoms with Gasteiger partial charge >= 0.3 is 5.97 Å². The maximum Gasteiger partial charge on any atom is 0.307 e. The number of rotatable bonds is 4. The Morgan fingerprint density at radius 3 is 2.70 bits per heavy atom. The van der Waals surface area contributed by atoms with E-state index in [1.165, 1.54) is 0 Å². The maximum atomic E-state index is 11.3. The number of benzene rings is 2. The van der Waals surface area contributed by atoms with E-state index in [2.05, 4.69) is 4.98 Å². The third-order valence-electron chi connectivity index (χ3n) is 3.98. The first kappa shape index (κ1) is 15.4. The van der Waals surface area contributed by atoms with Crippen LogP contribution in [0.4, 0.5) is 0 Å². The second-order valence-electron chi connectivity index (χ2n) is 5.34. The van der Waals surface area contributed by atoms with Gasteiger partial charge in [-0.1, -0.05) is 29.8 Å². The van der Waals surface area contributed by atoms with Gasteiger partial charge in [-0.25, -0.2) is 0 Å². The van der Waals surface area contributed by atoms with Crippen molar-refractivity contribution in [1.29, 1.82) is 0 Å². The van der Waals surface area contributed by atoms with Crippen molar-refractivity contribution in [3.05, 3.63) is 52.5 Å². The van der Waals surface area contributed by atoms with Crippen molar-refractivity contribution in [2.75, 3.05) is 7.11 Å². The number of carboxylic acid groups (broad SMARTS) is 1. The molecule has 3 rings (SSSR count). The Morgan fingerprint density at radius 1 is 1.26 bits per heavy atom. The highest BCUT2D eigenvalue weighted by molar-refractivity contribution is 6.32. The summed E-state index contributed by atoms with van der Waals surface area (Å²) in [5.74, 6) is -0.191. The van der Waals surface area contributed by atoms with Crippen LogP contribution in [-0.2, 0) is 11.2 Å². The molecule has 0 fully saturated rings. The SMILES string of the molecule is COc1ccccc1-c1[nH]c2c(C)c(Cl)ccc2c1CC(=O)O. The van der Waals surface area contributed by atoms with Crippen LogP contribution in [0.3, 0.4) is 0 Å². The lowest BCUT2D eigenvalue weighted by molar-refractivity contribution is -0.136. The molecule has 0 bridgehead atoms. The number of H-pyrrole nitrogens is 1. The van der Waals surface area contributed by atoms with Crippen molar-refractivity contribution in [1.82, 2.24) is 4.98 Å². The fraction of sp³-hybridized carbons (Fsp3) is 0.167. The average molecular weight is 330 g/mol. The molecule has 2 aromatic carbocycles. The normalized spacial score (nSPS) is 10.9. The van der Waals surface area contributed by atoms with Gasteiger partial charge in [0, 0.05) is 16.0 Å². The summed E-state index contributed by atoms with van der Waals surface area (Å²) in [6.45, 7) is 1.91. The van der Waals surface area contributed by atoms with Gasteiger partial charge < -0.3 is 14.8 Å². The predicted octanol–water partition coefficient (Wildman–Crippen LogP) is 4.43. The second kappa shape index (κ2) is 5.97. The minimum absolute atomic E-state index is 0.0749. The Hall–Kier alpha value is -2.46. The number of aromatic nitrogens is 1. The molecule has 0 saturated carbocycles. The quantitative estimate of drug-likeness (QED) is 0.744. The molecule has 1 heterocycles. The van der Waals surface area contributed by atoms with Gasteiger partial charge in [0.05, 0.1) is 24.7 Å². The van der Waals surface area contributed by atoms with E-state index < -0.39 is 5.97 Å². The first-order valence-corrected chi connectivity index (χ1v) is 7.55. The van der Waals surface area contributed by atoms with E-state index in [1.54, 1.807) is 13.2 Å². The minimum Gasteiger partial charge on any atom is -0.496 e. The fourth-order valence-corrected chi connectivity index (χ4v) is 3.01. The summed E-state index contributed by atoms with van der Waals surface area (Å²) in [6, 6.07) is 11.2. The summed E-state index contributed by atoms with van der Waals surface area (Å²) in [5, 5.41) is 10.8. The van der Waals surface area contributed by atoms with E-state index in [1.807, 2.05) is 37.3 Å². The molecule has 118 valence electrons. The Balaban J connectivity index is 2.35. The van der Waals surface area contributed by atoms with Crippen LogP contribution in [0, 0.1) is 6.92 Å². The van der Waals surface area contributed by atoms with Crippen molar-refractivity contribution >= 4 is 28.5 Å². The number of aliphatic carboxylic acids is 1. The molecule has 0 aliphatic heterocycles. The third kappa shape index (κ3) is 2.66. The molecular weight excluding hydrogens is 314 g/mol. The summed E-state index contributed by atoms with van der Waals surface area (Å²) >= 11 is 6.20. The third-order valence-corrected chi connectivity index (χ3v) is 4.39. The summed E-state index contributed by atoms with van der Waals surface area (Å²) < 4.78 is 5.42. The molecule has 4 nitrogen and oxygen atoms in total. The van der Waals surface area contributed by atoms with Crippen LogP contribution >= 0.6 is 11.6 Å². The molecule has 0 saturated heterocycles. The summed E-state index contributed by atoms with van der Waals surface area (Å²) in [7, 11) is 1.60. The predicted molar refractivity (Wildman–Crippen MR) is 91.4 cm³/mol. The molecule has 0 radical (unpaired) electrons. The highest BCUT2D eigenvalue weighted by Crippen LogP contribution is 2.38. The lowest BCUT2D eigenvalue weighted by Crippen LogP contribution is -2.01. The first-order valence-electron chi connectivity index (χ1n) is 7.17. The number of aromatic amines is 1. The van der Waals surface area contributed by atoms with Gasteiger partial charge in [0.15, 0.2) is 0 Å². The molecular formula is C18H16ClNO3. The zero-order valence-electron chi connectivity index (χ0n) is 12.8. The fourth-order valence-electron chi connectivity index (χ4n) is 2.85. The largest absolute Gasteiger partial charge is 0.496 e. The van der Waals surface area contributed by atoms with Crippen LogP contribution in [0.2, 0.25) is 5.02 Å². The van der Waals surface area contributed by atoms with Gasteiger partial charge in [-0.15, -0.1) is 0 Å². The lowest BCUT2D eigenvalue weighted by atomic mass is 10.0. The maximum absolute atomic E-state index is 11.3. The zero-order chi connectivity index (χ0) is 16.6. The summed E-state index contributed by atoms with van der Waals surface area (Å²) in [5.41, 5.74) is 4.08. The van der Waals surface area contributed by atoms with E-state index in [0.29, 0.717) is 10.8 Å². The highest BCUT2D eigenvalue weighted by atomic mass is 35.5. The number of para-hydroxylation sites is 1. The van der Waals surface area contributed by atoms with E-state index in [0.717, 1.165) is 33.3 Å². The van der Waals surface area contributed by atoms with Crippen LogP contribution in [0.5, 0.6) is 5.75 Å². The van der Waals surface area contributed by atoms with Crippen LogP contribution in [0.1, 0.15) is 11.1 Å². The number of methoxy groups -OCH3 is 1. The standard InChI is InChI=1S/C18H16ClNO3/c1-10-14(19)8-7-11-13(9-16(21)22)18(20-17(10)11)12-5-3-4-6-15(12)23-2/h3-8,20H,9H2,1-2H3,(H,21,22). The monoisotopic (exact) mass is 329 g/mol. The van der Waals surface area contributed by atoms with E-state index >= 15 is 0 Å². The van der Waals surface area contributed by atoms with E-state index in [4.69, 9.17) is 16.3 Å². The topological polar surface area (TPSA) is 62.3 Å². The van der Waals surface area contributed by atoms with Crippen molar-refractivity contribution in [2.24, 2.45) is 0 Å². The molecule has 0 aliphatic carbocycles. The molecule has 0 spiro atoms. The number of hydrogen-bond acceptors (Lipinski definition) is 2. The number of carbonyl (C=O) groups is 1. The van der Waals surface area contributed by atoms with Gasteiger partial charge in [0.2, 0.25) is 0 Å². The number of aryl methyl sites for hydroxylation is 1. The zero-order valence-corrected chi connectivity index (χ0v) is 13.6. The van der Waals surface area contributed by atoms with Gasteiger partial charge in [0.1, 0.15) is 5.75 Å².